The zero-order chi connectivity index (χ0) is 20.1. The minimum atomic E-state index is -0.0312. The van der Waals surface area contributed by atoms with Crippen molar-refractivity contribution in [2.75, 3.05) is 18.5 Å². The van der Waals surface area contributed by atoms with E-state index in [1.807, 2.05) is 50.2 Å². The Hall–Kier alpha value is -2.69. The van der Waals surface area contributed by atoms with E-state index < -0.39 is 0 Å². The Bertz CT molecular complexity index is 816. The van der Waals surface area contributed by atoms with Gasteiger partial charge in [0.25, 0.3) is 0 Å². The fourth-order valence-electron chi connectivity index (χ4n) is 3.40. The Morgan fingerprint density at radius 3 is 2.29 bits per heavy atom. The Balaban J connectivity index is 1.95. The molecule has 1 N–H and O–H groups in total. The van der Waals surface area contributed by atoms with Crippen molar-refractivity contribution in [3.05, 3.63) is 47.5 Å². The molecular formula is C23H29NO4. The predicted molar refractivity (Wildman–Crippen MR) is 111 cm³/mol. The minimum absolute atomic E-state index is 0.00374. The molecule has 0 saturated heterocycles. The van der Waals surface area contributed by atoms with E-state index in [-0.39, 0.29) is 17.9 Å². The van der Waals surface area contributed by atoms with Crippen LogP contribution in [0.5, 0.6) is 17.2 Å². The molecule has 3 rings (SSSR count). The number of hydrogen-bond acceptors (Lipinski definition) is 4. The lowest BCUT2D eigenvalue weighted by atomic mass is 9.84. The van der Waals surface area contributed by atoms with Crippen molar-refractivity contribution in [2.45, 2.75) is 52.6 Å². The number of rotatable bonds is 8. The molecule has 0 saturated carbocycles. The van der Waals surface area contributed by atoms with Gasteiger partial charge in [-0.2, -0.15) is 0 Å². The first-order valence-electron chi connectivity index (χ1n) is 10.1. The van der Waals surface area contributed by atoms with Crippen LogP contribution in [-0.2, 0) is 4.79 Å². The molecule has 0 fully saturated rings. The topological polar surface area (TPSA) is 56.8 Å². The molecule has 0 radical (unpaired) electrons. The standard InChI is InChI=1S/C23H29NO4/c1-5-15(4)28-17-10-8-16(9-11-17)18-13-23(25)24-20-14-22(27-7-3)21(26-6-2)12-19(18)20/h8-12,14-15,18H,5-7,13H2,1-4H3,(H,24,25). The summed E-state index contributed by atoms with van der Waals surface area (Å²) >= 11 is 0. The SMILES string of the molecule is CCOc1cc2c(cc1OCC)C(c1ccc(OC(C)CC)cc1)CC(=O)N2. The molecule has 150 valence electrons. The summed E-state index contributed by atoms with van der Waals surface area (Å²) in [5, 5.41) is 2.97. The highest BCUT2D eigenvalue weighted by atomic mass is 16.5. The third-order valence-electron chi connectivity index (χ3n) is 4.95. The molecule has 1 amide bonds. The average molecular weight is 383 g/mol. The number of ether oxygens (including phenoxy) is 3. The van der Waals surface area contributed by atoms with Crippen LogP contribution in [0, 0.1) is 0 Å². The van der Waals surface area contributed by atoms with E-state index in [9.17, 15) is 4.79 Å². The van der Waals surface area contributed by atoms with Crippen LogP contribution >= 0.6 is 0 Å². The zero-order valence-electron chi connectivity index (χ0n) is 17.1. The molecule has 2 unspecified atom stereocenters. The quantitative estimate of drug-likeness (QED) is 0.686. The Morgan fingerprint density at radius 2 is 1.68 bits per heavy atom. The predicted octanol–water partition coefficient (Wildman–Crippen LogP) is 5.14. The van der Waals surface area contributed by atoms with Crippen LogP contribution in [-0.4, -0.2) is 25.2 Å². The fourth-order valence-corrected chi connectivity index (χ4v) is 3.40. The monoisotopic (exact) mass is 383 g/mol. The number of carbonyl (C=O) groups excluding carboxylic acids is 1. The smallest absolute Gasteiger partial charge is 0.225 e. The second kappa shape index (κ2) is 9.00. The summed E-state index contributed by atoms with van der Waals surface area (Å²) in [6.07, 6.45) is 1.54. The molecule has 1 aliphatic rings. The molecular weight excluding hydrogens is 354 g/mol. The Labute approximate surface area is 167 Å². The number of nitrogens with one attached hydrogen (secondary N) is 1. The van der Waals surface area contributed by atoms with E-state index in [1.165, 1.54) is 0 Å². The van der Waals surface area contributed by atoms with Crippen molar-refractivity contribution >= 4 is 11.6 Å². The van der Waals surface area contributed by atoms with Crippen LogP contribution < -0.4 is 19.5 Å². The molecule has 0 aromatic heterocycles. The molecule has 5 heteroatoms. The Morgan fingerprint density at radius 1 is 1.04 bits per heavy atom. The third-order valence-corrected chi connectivity index (χ3v) is 4.95. The first-order valence-corrected chi connectivity index (χ1v) is 10.1. The van der Waals surface area contributed by atoms with Gasteiger partial charge in [-0.3, -0.25) is 4.79 Å². The molecule has 1 heterocycles. The van der Waals surface area contributed by atoms with Gasteiger partial charge in [-0.25, -0.2) is 0 Å². The lowest BCUT2D eigenvalue weighted by Crippen LogP contribution is -2.23. The number of hydrogen-bond donors (Lipinski definition) is 1. The number of carbonyl (C=O) groups is 1. The highest BCUT2D eigenvalue weighted by Gasteiger charge is 2.28. The summed E-state index contributed by atoms with van der Waals surface area (Å²) in [4.78, 5) is 12.3. The number of anilines is 1. The van der Waals surface area contributed by atoms with Crippen molar-refractivity contribution in [1.82, 2.24) is 0 Å². The molecule has 0 aliphatic carbocycles. The molecule has 2 aromatic carbocycles. The molecule has 2 aromatic rings. The zero-order valence-corrected chi connectivity index (χ0v) is 17.1. The van der Waals surface area contributed by atoms with E-state index >= 15 is 0 Å². The summed E-state index contributed by atoms with van der Waals surface area (Å²) in [6, 6.07) is 11.9. The lowest BCUT2D eigenvalue weighted by Gasteiger charge is -2.28. The molecule has 2 atom stereocenters. The van der Waals surface area contributed by atoms with Crippen LogP contribution in [0.3, 0.4) is 0 Å². The fraction of sp³-hybridized carbons (Fsp3) is 0.435. The summed E-state index contributed by atoms with van der Waals surface area (Å²) in [7, 11) is 0. The molecule has 1 aliphatic heterocycles. The largest absolute Gasteiger partial charge is 0.491 e. The van der Waals surface area contributed by atoms with Crippen molar-refractivity contribution < 1.29 is 19.0 Å². The van der Waals surface area contributed by atoms with Gasteiger partial charge in [0, 0.05) is 24.1 Å². The van der Waals surface area contributed by atoms with E-state index in [0.29, 0.717) is 31.1 Å². The van der Waals surface area contributed by atoms with Gasteiger partial charge in [0.05, 0.1) is 19.3 Å². The molecule has 28 heavy (non-hydrogen) atoms. The highest BCUT2D eigenvalue weighted by Crippen LogP contribution is 2.43. The first kappa shape index (κ1) is 20.1. The summed E-state index contributed by atoms with van der Waals surface area (Å²) < 4.78 is 17.4. The van der Waals surface area contributed by atoms with E-state index in [1.54, 1.807) is 0 Å². The lowest BCUT2D eigenvalue weighted by molar-refractivity contribution is -0.116. The summed E-state index contributed by atoms with van der Waals surface area (Å²) in [5.41, 5.74) is 2.91. The van der Waals surface area contributed by atoms with E-state index in [2.05, 4.69) is 19.2 Å². The van der Waals surface area contributed by atoms with Gasteiger partial charge in [-0.1, -0.05) is 19.1 Å². The molecule has 0 spiro atoms. The number of amides is 1. The molecule has 5 nitrogen and oxygen atoms in total. The first-order chi connectivity index (χ1) is 13.5. The second-order valence-electron chi connectivity index (χ2n) is 6.96. The Kier molecular flexibility index (Phi) is 6.45. The van der Waals surface area contributed by atoms with Crippen LogP contribution in [0.15, 0.2) is 36.4 Å². The van der Waals surface area contributed by atoms with Crippen LogP contribution in [0.2, 0.25) is 0 Å². The van der Waals surface area contributed by atoms with Gasteiger partial charge in [0.1, 0.15) is 5.75 Å². The second-order valence-corrected chi connectivity index (χ2v) is 6.96. The minimum Gasteiger partial charge on any atom is -0.491 e. The van der Waals surface area contributed by atoms with Gasteiger partial charge in [-0.05, 0) is 56.5 Å². The average Bonchev–Trinajstić information content (AvgIpc) is 2.69. The van der Waals surface area contributed by atoms with Crippen molar-refractivity contribution in [3.63, 3.8) is 0 Å². The summed E-state index contributed by atoms with van der Waals surface area (Å²) in [6.45, 7) is 9.12. The number of fused-ring (bicyclic) bond motifs is 1. The maximum absolute atomic E-state index is 12.3. The third kappa shape index (κ3) is 4.41. The molecule has 0 bridgehead atoms. The van der Waals surface area contributed by atoms with Crippen LogP contribution in [0.25, 0.3) is 0 Å². The maximum Gasteiger partial charge on any atom is 0.225 e. The van der Waals surface area contributed by atoms with Crippen molar-refractivity contribution in [2.24, 2.45) is 0 Å². The summed E-state index contributed by atoms with van der Waals surface area (Å²) in [5.74, 6) is 2.18. The van der Waals surface area contributed by atoms with Gasteiger partial charge >= 0.3 is 0 Å². The highest BCUT2D eigenvalue weighted by molar-refractivity contribution is 5.96. The van der Waals surface area contributed by atoms with E-state index in [0.717, 1.165) is 29.0 Å². The van der Waals surface area contributed by atoms with Gasteiger partial charge < -0.3 is 19.5 Å². The van der Waals surface area contributed by atoms with Gasteiger partial charge in [0.2, 0.25) is 5.91 Å². The van der Waals surface area contributed by atoms with Crippen LogP contribution in [0.1, 0.15) is 57.6 Å². The maximum atomic E-state index is 12.3. The van der Waals surface area contributed by atoms with Crippen molar-refractivity contribution in [1.29, 1.82) is 0 Å². The van der Waals surface area contributed by atoms with Gasteiger partial charge in [-0.15, -0.1) is 0 Å². The van der Waals surface area contributed by atoms with Gasteiger partial charge in [0.15, 0.2) is 11.5 Å². The van der Waals surface area contributed by atoms with E-state index in [4.69, 9.17) is 14.2 Å². The van der Waals surface area contributed by atoms with Crippen LogP contribution in [0.4, 0.5) is 5.69 Å². The van der Waals surface area contributed by atoms with Crippen molar-refractivity contribution in [3.8, 4) is 17.2 Å². The normalized spacial score (nSPS) is 16.7. The number of benzene rings is 2.